The normalized spacial score (nSPS) is 11.0. The highest BCUT2D eigenvalue weighted by Gasteiger charge is 2.03. The lowest BCUT2D eigenvalue weighted by atomic mass is 10.5. The SMILES string of the molecule is NC(=O)N/N=C\c1nc(/C=N/NC(N)=O)nc(/C=N/NC(N)=O)n1. The molecule has 1 rings (SSSR count). The van der Waals surface area contributed by atoms with Gasteiger partial charge >= 0.3 is 18.1 Å². The zero-order valence-corrected chi connectivity index (χ0v) is 11.9. The molecule has 15 nitrogen and oxygen atoms in total. The zero-order valence-electron chi connectivity index (χ0n) is 11.9. The van der Waals surface area contributed by atoms with E-state index in [2.05, 4.69) is 30.3 Å². The molecule has 0 spiro atoms. The lowest BCUT2D eigenvalue weighted by Gasteiger charge is -1.99. The number of nitrogens with one attached hydrogen (secondary N) is 3. The lowest BCUT2D eigenvalue weighted by Crippen LogP contribution is -2.25. The van der Waals surface area contributed by atoms with Gasteiger partial charge in [-0.05, 0) is 0 Å². The minimum atomic E-state index is -0.889. The molecule has 0 saturated carbocycles. The van der Waals surface area contributed by atoms with Crippen LogP contribution in [-0.2, 0) is 0 Å². The summed E-state index contributed by atoms with van der Waals surface area (Å²) in [6.45, 7) is 0. The van der Waals surface area contributed by atoms with Gasteiger partial charge in [0.05, 0.1) is 18.6 Å². The van der Waals surface area contributed by atoms with Crippen LogP contribution < -0.4 is 33.5 Å². The van der Waals surface area contributed by atoms with Crippen LogP contribution in [0.1, 0.15) is 17.5 Å². The van der Waals surface area contributed by atoms with Gasteiger partial charge in [0.2, 0.25) is 0 Å². The molecule has 126 valence electrons. The number of nitrogens with zero attached hydrogens (tertiary/aromatic N) is 6. The van der Waals surface area contributed by atoms with Gasteiger partial charge in [0.25, 0.3) is 0 Å². The predicted octanol–water partition coefficient (Wildman–Crippen LogP) is -3.12. The summed E-state index contributed by atoms with van der Waals surface area (Å²) in [6, 6.07) is -2.67. The number of carbonyl (C=O) groups is 3. The van der Waals surface area contributed by atoms with Crippen LogP contribution in [0.2, 0.25) is 0 Å². The summed E-state index contributed by atoms with van der Waals surface area (Å²) in [6.07, 6.45) is 3.18. The van der Waals surface area contributed by atoms with Crippen molar-refractivity contribution in [1.29, 1.82) is 0 Å². The van der Waals surface area contributed by atoms with E-state index in [9.17, 15) is 14.4 Å². The Morgan fingerprint density at radius 2 is 0.917 bits per heavy atom. The van der Waals surface area contributed by atoms with Crippen LogP contribution in [0.15, 0.2) is 15.3 Å². The number of hydrogen-bond donors (Lipinski definition) is 6. The Balaban J connectivity index is 3.03. The third kappa shape index (κ3) is 7.57. The first-order valence-corrected chi connectivity index (χ1v) is 5.88. The molecule has 0 aliphatic heterocycles. The maximum atomic E-state index is 10.5. The van der Waals surface area contributed by atoms with E-state index in [4.69, 9.17) is 17.2 Å². The summed E-state index contributed by atoms with van der Waals surface area (Å²) in [7, 11) is 0. The molecule has 0 radical (unpaired) electrons. The van der Waals surface area contributed by atoms with Crippen LogP contribution >= 0.6 is 0 Å². The molecule has 24 heavy (non-hydrogen) atoms. The van der Waals surface area contributed by atoms with Crippen molar-refractivity contribution < 1.29 is 14.4 Å². The lowest BCUT2D eigenvalue weighted by molar-refractivity contribution is 0.248. The molecule has 0 unspecified atom stereocenters. The summed E-state index contributed by atoms with van der Waals surface area (Å²) in [5, 5.41) is 10.4. The van der Waals surface area contributed by atoms with Crippen LogP contribution in [0.3, 0.4) is 0 Å². The summed E-state index contributed by atoms with van der Waals surface area (Å²) in [5.74, 6) is -0.0422. The first-order valence-electron chi connectivity index (χ1n) is 5.88. The molecule has 1 heterocycles. The zero-order chi connectivity index (χ0) is 17.9. The number of carbonyl (C=O) groups excluding carboxylic acids is 3. The van der Waals surface area contributed by atoms with Gasteiger partial charge in [-0.25, -0.2) is 45.6 Å². The van der Waals surface area contributed by atoms with E-state index in [0.29, 0.717) is 0 Å². The number of aromatic nitrogens is 3. The molecule has 0 aliphatic carbocycles. The molecule has 0 atom stereocenters. The van der Waals surface area contributed by atoms with Crippen LogP contribution in [0.25, 0.3) is 0 Å². The van der Waals surface area contributed by atoms with E-state index in [0.717, 1.165) is 18.6 Å². The van der Waals surface area contributed by atoms with Gasteiger partial charge in [0, 0.05) is 0 Å². The van der Waals surface area contributed by atoms with Gasteiger partial charge in [-0.15, -0.1) is 0 Å². The number of primary amides is 3. The molecule has 6 amide bonds. The summed E-state index contributed by atoms with van der Waals surface area (Å²) < 4.78 is 0. The second-order valence-electron chi connectivity index (χ2n) is 3.61. The third-order valence-electron chi connectivity index (χ3n) is 1.75. The van der Waals surface area contributed by atoms with E-state index in [1.54, 1.807) is 0 Å². The third-order valence-corrected chi connectivity index (χ3v) is 1.75. The van der Waals surface area contributed by atoms with Gasteiger partial charge in [-0.1, -0.05) is 0 Å². The molecule has 9 N–H and O–H groups in total. The molecular weight excluding hydrogens is 324 g/mol. The quantitative estimate of drug-likeness (QED) is 0.231. The molecule has 0 bridgehead atoms. The summed E-state index contributed by atoms with van der Waals surface area (Å²) >= 11 is 0. The van der Waals surface area contributed by atoms with E-state index in [1.165, 1.54) is 0 Å². The van der Waals surface area contributed by atoms with Crippen molar-refractivity contribution in [2.24, 2.45) is 32.5 Å². The number of amides is 6. The fraction of sp³-hybridized carbons (Fsp3) is 0. The highest BCUT2D eigenvalue weighted by molar-refractivity contribution is 5.84. The maximum absolute atomic E-state index is 10.5. The number of nitrogens with two attached hydrogens (primary N) is 3. The summed E-state index contributed by atoms with van der Waals surface area (Å²) in [4.78, 5) is 43.3. The van der Waals surface area contributed by atoms with Gasteiger partial charge in [-0.3, -0.25) is 0 Å². The van der Waals surface area contributed by atoms with E-state index in [-0.39, 0.29) is 17.5 Å². The molecule has 0 aromatic carbocycles. The van der Waals surface area contributed by atoms with Gasteiger partial charge < -0.3 is 17.2 Å². The highest BCUT2D eigenvalue weighted by Crippen LogP contribution is 1.91. The molecule has 1 aromatic heterocycles. The van der Waals surface area contributed by atoms with Gasteiger partial charge in [0.15, 0.2) is 17.5 Å². The Morgan fingerprint density at radius 3 is 1.12 bits per heavy atom. The topological polar surface area (TPSA) is 241 Å². The molecule has 0 fully saturated rings. The number of urea groups is 3. The van der Waals surface area contributed by atoms with Crippen molar-refractivity contribution in [3.8, 4) is 0 Å². The maximum Gasteiger partial charge on any atom is 0.332 e. The Bertz CT molecular complexity index is 604. The first kappa shape index (κ1) is 17.9. The molecule has 15 heteroatoms. The molecular formula is C9H12N12O3. The fourth-order valence-electron chi connectivity index (χ4n) is 1.06. The largest absolute Gasteiger partial charge is 0.350 e. The van der Waals surface area contributed by atoms with Gasteiger partial charge in [-0.2, -0.15) is 15.3 Å². The number of hydrazone groups is 3. The average molecular weight is 336 g/mol. The van der Waals surface area contributed by atoms with Crippen molar-refractivity contribution in [2.75, 3.05) is 0 Å². The fourth-order valence-corrected chi connectivity index (χ4v) is 1.06. The number of hydrogen-bond acceptors (Lipinski definition) is 9. The van der Waals surface area contributed by atoms with Crippen LogP contribution in [0.5, 0.6) is 0 Å². The Labute approximate surface area is 133 Å². The van der Waals surface area contributed by atoms with E-state index in [1.807, 2.05) is 16.3 Å². The molecule has 1 aromatic rings. The minimum absolute atomic E-state index is 0.0141. The second-order valence-corrected chi connectivity index (χ2v) is 3.61. The summed E-state index contributed by atoms with van der Waals surface area (Å²) in [5.41, 5.74) is 20.4. The standard InChI is InChI=1S/C9H12N12O3/c10-7(22)19-13-1-4-16-5(2-14-20-8(11)23)18-6(17-4)3-15-21-9(12)24/h1-3H,(H3,10,19,22)(H3,11,20,23)(H3,12,21,24)/b13-1-,14-2+,15-3+. The molecule has 0 saturated heterocycles. The highest BCUT2D eigenvalue weighted by atomic mass is 16.2. The number of rotatable bonds is 6. The van der Waals surface area contributed by atoms with E-state index < -0.39 is 18.1 Å². The Hall–Kier alpha value is -4.17. The Kier molecular flexibility index (Phi) is 6.68. The van der Waals surface area contributed by atoms with Crippen molar-refractivity contribution in [2.45, 2.75) is 0 Å². The van der Waals surface area contributed by atoms with Crippen LogP contribution in [0, 0.1) is 0 Å². The van der Waals surface area contributed by atoms with E-state index >= 15 is 0 Å². The van der Waals surface area contributed by atoms with Crippen molar-refractivity contribution in [1.82, 2.24) is 31.2 Å². The van der Waals surface area contributed by atoms with Gasteiger partial charge in [0.1, 0.15) is 0 Å². The van der Waals surface area contributed by atoms with Crippen molar-refractivity contribution in [3.63, 3.8) is 0 Å². The minimum Gasteiger partial charge on any atom is -0.350 e. The van der Waals surface area contributed by atoms with Crippen molar-refractivity contribution >= 4 is 36.7 Å². The monoisotopic (exact) mass is 336 g/mol. The molecule has 0 aliphatic rings. The first-order chi connectivity index (χ1) is 11.4. The van der Waals surface area contributed by atoms with Crippen LogP contribution in [0.4, 0.5) is 14.4 Å². The van der Waals surface area contributed by atoms with Crippen molar-refractivity contribution in [3.05, 3.63) is 17.5 Å². The van der Waals surface area contributed by atoms with Crippen LogP contribution in [-0.4, -0.2) is 51.7 Å². The second kappa shape index (κ2) is 8.97. The average Bonchev–Trinajstić information content (AvgIpc) is 2.46. The smallest absolute Gasteiger partial charge is 0.332 e. The predicted molar refractivity (Wildman–Crippen MR) is 80.8 cm³/mol. The Morgan fingerprint density at radius 1 is 0.667 bits per heavy atom.